The van der Waals surface area contributed by atoms with Gasteiger partial charge in [-0.25, -0.2) is 0 Å². The van der Waals surface area contributed by atoms with E-state index in [9.17, 15) is 14.7 Å². The Morgan fingerprint density at radius 2 is 1.75 bits per heavy atom. The molecule has 0 saturated carbocycles. The van der Waals surface area contributed by atoms with E-state index in [1.807, 2.05) is 6.92 Å². The number of carbonyl (C=O) groups excluding carboxylic acids is 2. The van der Waals surface area contributed by atoms with Gasteiger partial charge in [-0.15, -0.1) is 0 Å². The van der Waals surface area contributed by atoms with Crippen LogP contribution in [0.2, 0.25) is 47.7 Å². The Morgan fingerprint density at radius 3 is 2.25 bits per heavy atom. The van der Waals surface area contributed by atoms with Crippen LogP contribution in [0.15, 0.2) is 18.2 Å². The molecule has 5 heteroatoms. The van der Waals surface area contributed by atoms with E-state index in [0.29, 0.717) is 16.4 Å². The number of anilines is 1. The van der Waals surface area contributed by atoms with Gasteiger partial charge in [-0.3, -0.25) is 0 Å². The molecular weight excluding hydrogens is 394 g/mol. The van der Waals surface area contributed by atoms with Crippen molar-refractivity contribution in [2.24, 2.45) is 0 Å². The molecule has 10 aliphatic heterocycles. The molecule has 144 valence electrons. The molecule has 0 bridgehead atoms. The Bertz CT molecular complexity index is 1520. The van der Waals surface area contributed by atoms with Crippen molar-refractivity contribution in [3.05, 3.63) is 23.8 Å². The fourth-order valence-electron chi connectivity index (χ4n) is 18.0. The number of benzene rings is 1. The SMILES string of the molecule is CCCC(=O)Nc1ccc(O)c(C(=O)C#C[C]23[CH]4[CH]5[CH]6[CH]2[Fe]56432789[CH]3[CH]2[CH]7[CH]8[CH]39)c1. The number of rotatable bonds is 4. The number of hydrogen-bond donors (Lipinski definition) is 2. The molecule has 0 aliphatic carbocycles. The quantitative estimate of drug-likeness (QED) is 0.237. The van der Waals surface area contributed by atoms with E-state index < -0.39 is 6.51 Å². The summed E-state index contributed by atoms with van der Waals surface area (Å²) in [6.07, 6.45) is 1.21. The number of ketones is 1. The minimum absolute atomic E-state index is 0.0436. The van der Waals surface area contributed by atoms with Crippen LogP contribution in [0, 0.1) is 11.8 Å². The van der Waals surface area contributed by atoms with Gasteiger partial charge in [0.25, 0.3) is 0 Å². The Morgan fingerprint density at radius 1 is 1.11 bits per heavy atom. The van der Waals surface area contributed by atoms with Gasteiger partial charge in [0.1, 0.15) is 0 Å². The molecule has 1 aromatic carbocycles. The molecule has 10 aliphatic rings. The van der Waals surface area contributed by atoms with E-state index in [-0.39, 0.29) is 23.0 Å². The molecule has 28 heavy (non-hydrogen) atoms. The standard InChI is InChI=1S/C18H16NO3.C5H5.Fe/c1-2-5-18(22)19-14-9-11-17(21)15(12-14)16(20)10-8-13-6-3-4-7-13;1-2-4-5-3-1;/h3-4,6-7,9,11-12,21H,2,5H2,1H3,(H,19,22);1-5H;. The first-order valence-electron chi connectivity index (χ1n) is 10.7. The summed E-state index contributed by atoms with van der Waals surface area (Å²) in [7, 11) is 0. The number of hydrogen-bond acceptors (Lipinski definition) is 3. The maximum atomic E-state index is 12.9. The molecule has 1 aromatic rings. The molecule has 1 spiro atoms. The second kappa shape index (κ2) is 1.51. The van der Waals surface area contributed by atoms with Crippen LogP contribution in [0.4, 0.5) is 5.69 Å². The van der Waals surface area contributed by atoms with Gasteiger partial charge in [0, 0.05) is 0 Å². The zero-order chi connectivity index (χ0) is 18.6. The zero-order valence-corrected chi connectivity index (χ0v) is 16.6. The Labute approximate surface area is 152 Å². The predicted molar refractivity (Wildman–Crippen MR) is 100 cm³/mol. The van der Waals surface area contributed by atoms with Crippen molar-refractivity contribution in [3.8, 4) is 17.6 Å². The number of amides is 1. The minimum atomic E-state index is -3.27. The zero-order valence-electron chi connectivity index (χ0n) is 15.5. The summed E-state index contributed by atoms with van der Waals surface area (Å²) in [6.45, 7) is -1.32. The summed E-state index contributed by atoms with van der Waals surface area (Å²) in [5, 5.41) is 13.0. The third-order valence-electron chi connectivity index (χ3n) is 17.0. The van der Waals surface area contributed by atoms with E-state index in [4.69, 9.17) is 0 Å². The van der Waals surface area contributed by atoms with Crippen molar-refractivity contribution in [3.63, 3.8) is 0 Å². The summed E-state index contributed by atoms with van der Waals surface area (Å²) in [6, 6.07) is 4.71. The van der Waals surface area contributed by atoms with Crippen molar-refractivity contribution in [2.75, 3.05) is 5.32 Å². The number of phenols is 1. The second-order valence-electron chi connectivity index (χ2n) is 13.3. The third-order valence-corrected chi connectivity index (χ3v) is 59.2. The fourth-order valence-corrected chi connectivity index (χ4v) is 91.0. The van der Waals surface area contributed by atoms with E-state index in [2.05, 4.69) is 17.2 Å². The van der Waals surface area contributed by atoms with Crippen molar-refractivity contribution in [1.29, 1.82) is 0 Å². The van der Waals surface area contributed by atoms with Gasteiger partial charge < -0.3 is 0 Å². The molecule has 0 aromatic heterocycles. The summed E-state index contributed by atoms with van der Waals surface area (Å²) in [5.74, 6) is 6.32. The molecular formula is C23H21FeNO3. The van der Waals surface area contributed by atoms with Crippen LogP contribution in [-0.4, -0.2) is 16.8 Å². The van der Waals surface area contributed by atoms with Crippen LogP contribution in [0.1, 0.15) is 30.1 Å². The topological polar surface area (TPSA) is 66.4 Å². The number of Topliss-reactive ketones (excluding diaryl/α,β-unsaturated/α-hetero) is 1. The second-order valence-corrected chi connectivity index (χ2v) is 36.8. The van der Waals surface area contributed by atoms with Gasteiger partial charge in [-0.2, -0.15) is 0 Å². The Balaban J connectivity index is 1.01. The van der Waals surface area contributed by atoms with Crippen LogP contribution in [0.3, 0.4) is 0 Å². The molecule has 2 N–H and O–H groups in total. The molecule has 4 atom stereocenters. The van der Waals surface area contributed by atoms with Gasteiger partial charge in [-0.05, 0) is 0 Å². The average molecular weight is 415 g/mol. The first kappa shape index (κ1) is 12.7. The van der Waals surface area contributed by atoms with Crippen LogP contribution < -0.4 is 5.32 Å². The average Bonchev–Trinajstić information content (AvgIpc) is 3.61. The van der Waals surface area contributed by atoms with E-state index in [1.54, 1.807) is 12.1 Å². The van der Waals surface area contributed by atoms with Gasteiger partial charge in [0.15, 0.2) is 0 Å². The van der Waals surface area contributed by atoms with Gasteiger partial charge in [-0.1, -0.05) is 0 Å². The summed E-state index contributed by atoms with van der Waals surface area (Å²) < 4.78 is 0.400. The molecule has 10 heterocycles. The van der Waals surface area contributed by atoms with E-state index in [0.717, 1.165) is 16.1 Å². The van der Waals surface area contributed by atoms with Crippen LogP contribution in [0.25, 0.3) is 0 Å². The number of carbonyl (C=O) groups is 2. The molecule has 11 rings (SSSR count). The van der Waals surface area contributed by atoms with Gasteiger partial charge >= 0.3 is 153 Å². The number of phenolic OH excluding ortho intramolecular Hbond substituents is 1. The molecule has 4 nitrogen and oxygen atoms in total. The van der Waals surface area contributed by atoms with Crippen molar-refractivity contribution in [1.82, 2.24) is 0 Å². The summed E-state index contributed by atoms with van der Waals surface area (Å²) in [4.78, 5) is 35.2. The van der Waals surface area contributed by atoms with Gasteiger partial charge in [0.2, 0.25) is 0 Å². The van der Waals surface area contributed by atoms with E-state index in [1.165, 1.54) is 39.8 Å². The van der Waals surface area contributed by atoms with Crippen molar-refractivity contribution in [2.45, 2.75) is 67.4 Å². The molecule has 0 radical (unpaired) electrons. The number of fused-ring (bicyclic) bond motifs is 10. The fraction of sp³-hybridized carbons (Fsp3) is 0.565. The van der Waals surface area contributed by atoms with Crippen LogP contribution >= 0.6 is 0 Å². The number of nitrogens with one attached hydrogen (secondary N) is 1. The predicted octanol–water partition coefficient (Wildman–Crippen LogP) is 5.08. The summed E-state index contributed by atoms with van der Waals surface area (Å²) in [5.41, 5.74) is 0.785. The number of aromatic hydroxyl groups is 1. The monoisotopic (exact) mass is 415 g/mol. The van der Waals surface area contributed by atoms with Crippen molar-refractivity contribution < 1.29 is 21.2 Å². The van der Waals surface area contributed by atoms with E-state index >= 15 is 0 Å². The van der Waals surface area contributed by atoms with Crippen LogP contribution in [0.5, 0.6) is 5.75 Å². The van der Waals surface area contributed by atoms with Crippen molar-refractivity contribution >= 4 is 17.4 Å². The Hall–Kier alpha value is -1.76. The third kappa shape index (κ3) is 0.225. The first-order chi connectivity index (χ1) is 13.3. The Kier molecular flexibility index (Phi) is 0.684. The molecule has 10 fully saturated rings. The molecule has 1 amide bonds. The maximum absolute atomic E-state index is 12.9. The first-order valence-corrected chi connectivity index (χ1v) is 17.0. The molecule has 4 unspecified atom stereocenters. The molecule has 10 saturated heterocycles. The van der Waals surface area contributed by atoms with Crippen LogP contribution in [-0.2, 0) is 11.3 Å². The normalized spacial score (nSPS) is 76.0. The van der Waals surface area contributed by atoms with Gasteiger partial charge in [0.05, 0.1) is 0 Å². The summed E-state index contributed by atoms with van der Waals surface area (Å²) >= 11 is 0.